The maximum atomic E-state index is 13.3. The fraction of sp³-hybridized carbons (Fsp3) is 0.267. The molecule has 9 nitrogen and oxygen atoms in total. The molecule has 2 amide bonds. The first-order valence-corrected chi connectivity index (χ1v) is 13.6. The van der Waals surface area contributed by atoms with Gasteiger partial charge >= 0.3 is 0 Å². The van der Waals surface area contributed by atoms with Gasteiger partial charge in [0.25, 0.3) is 5.91 Å². The van der Waals surface area contributed by atoms with Crippen LogP contribution >= 0.6 is 11.6 Å². The molecule has 206 valence electrons. The van der Waals surface area contributed by atoms with Crippen LogP contribution in [0.25, 0.3) is 22.2 Å². The van der Waals surface area contributed by atoms with Gasteiger partial charge in [-0.25, -0.2) is 9.97 Å². The van der Waals surface area contributed by atoms with Crippen molar-refractivity contribution in [1.82, 2.24) is 24.8 Å². The molecule has 2 aromatic carbocycles. The lowest BCUT2D eigenvalue weighted by Crippen LogP contribution is -2.45. The van der Waals surface area contributed by atoms with Gasteiger partial charge in [0.15, 0.2) is 0 Å². The third kappa shape index (κ3) is 6.50. The summed E-state index contributed by atoms with van der Waals surface area (Å²) in [4.78, 5) is 41.6. The predicted molar refractivity (Wildman–Crippen MR) is 160 cm³/mol. The maximum absolute atomic E-state index is 13.3. The van der Waals surface area contributed by atoms with Crippen LogP contribution in [0.1, 0.15) is 23.2 Å². The largest absolute Gasteiger partial charge is 0.360 e. The normalized spacial score (nSPS) is 15.6. The van der Waals surface area contributed by atoms with Gasteiger partial charge in [0.1, 0.15) is 0 Å². The van der Waals surface area contributed by atoms with Crippen molar-refractivity contribution in [1.29, 1.82) is 0 Å². The fourth-order valence-corrected chi connectivity index (χ4v) is 4.98. The Bertz CT molecular complexity index is 1530. The molecule has 0 aliphatic carbocycles. The molecule has 0 radical (unpaired) electrons. The second kappa shape index (κ2) is 12.3. The molecule has 5 rings (SSSR count). The first-order chi connectivity index (χ1) is 19.4. The van der Waals surface area contributed by atoms with Crippen LogP contribution in [-0.4, -0.2) is 76.3 Å². The zero-order valence-corrected chi connectivity index (χ0v) is 23.3. The number of rotatable bonds is 8. The Kier molecular flexibility index (Phi) is 8.42. The zero-order chi connectivity index (χ0) is 28.1. The third-order valence-electron chi connectivity index (χ3n) is 6.77. The Balaban J connectivity index is 1.22. The summed E-state index contributed by atoms with van der Waals surface area (Å²) in [5, 5.41) is 7.74. The third-order valence-corrected chi connectivity index (χ3v) is 7.05. The number of benzene rings is 2. The van der Waals surface area contributed by atoms with E-state index in [2.05, 4.69) is 20.6 Å². The van der Waals surface area contributed by atoms with Crippen LogP contribution in [0, 0.1) is 0 Å². The van der Waals surface area contributed by atoms with Crippen LogP contribution in [0.5, 0.6) is 0 Å². The highest BCUT2D eigenvalue weighted by molar-refractivity contribution is 6.33. The Hall–Kier alpha value is -4.21. The molecule has 0 saturated carbocycles. The molecule has 1 aliphatic rings. The van der Waals surface area contributed by atoms with E-state index in [-0.39, 0.29) is 17.9 Å². The molecule has 0 spiro atoms. The van der Waals surface area contributed by atoms with Crippen LogP contribution in [0.4, 0.5) is 11.6 Å². The lowest BCUT2D eigenvalue weighted by atomic mass is 10.0. The number of para-hydroxylation sites is 1. The number of fused-ring (bicyclic) bond motifs is 1. The zero-order valence-electron chi connectivity index (χ0n) is 22.5. The SMILES string of the molecule is CN(C)C/C=C/C(=O)Nc1ccc(C(=O)N2CCC[C@H](Nc3ncc(Cl)c(-c4c[nH]c5ccccc45)n3)C2)cc1. The number of amides is 2. The quantitative estimate of drug-likeness (QED) is 0.262. The van der Waals surface area contributed by atoms with Gasteiger partial charge < -0.3 is 25.4 Å². The Morgan fingerprint density at radius 3 is 2.77 bits per heavy atom. The number of nitrogens with zero attached hydrogens (tertiary/aromatic N) is 4. The minimum atomic E-state index is -0.205. The molecule has 3 heterocycles. The van der Waals surface area contributed by atoms with Gasteiger partial charge in [-0.1, -0.05) is 35.9 Å². The van der Waals surface area contributed by atoms with Crippen LogP contribution in [0.2, 0.25) is 5.02 Å². The molecule has 0 unspecified atom stereocenters. The number of likely N-dealkylation sites (tertiary alicyclic amines) is 1. The number of nitrogens with one attached hydrogen (secondary N) is 3. The molecule has 4 aromatic rings. The lowest BCUT2D eigenvalue weighted by Gasteiger charge is -2.33. The highest BCUT2D eigenvalue weighted by Crippen LogP contribution is 2.32. The predicted octanol–water partition coefficient (Wildman–Crippen LogP) is 5.05. The Morgan fingerprint density at radius 2 is 1.98 bits per heavy atom. The summed E-state index contributed by atoms with van der Waals surface area (Å²) in [5.41, 5.74) is 3.79. The van der Waals surface area contributed by atoms with Gasteiger partial charge in [-0.3, -0.25) is 9.59 Å². The van der Waals surface area contributed by atoms with Gasteiger partial charge in [-0.05, 0) is 57.3 Å². The number of halogens is 1. The van der Waals surface area contributed by atoms with E-state index in [1.54, 1.807) is 36.5 Å². The van der Waals surface area contributed by atoms with Crippen LogP contribution in [0.3, 0.4) is 0 Å². The van der Waals surface area contributed by atoms with Crippen molar-refractivity contribution >= 4 is 46.0 Å². The standard InChI is InChI=1S/C30H32ClN7O2/c1-37(2)15-6-10-27(39)34-21-13-11-20(12-14-21)29(40)38-16-5-7-22(19-38)35-30-33-18-25(31)28(36-30)24-17-32-26-9-4-3-8-23(24)26/h3-4,6,8-14,17-18,22,32H,5,7,15-16,19H2,1-2H3,(H,34,39)(H,33,35,36)/b10-6+/t22-/m0/s1. The Labute approximate surface area is 238 Å². The molecule has 1 saturated heterocycles. The first kappa shape index (κ1) is 27.4. The summed E-state index contributed by atoms with van der Waals surface area (Å²) < 4.78 is 0. The first-order valence-electron chi connectivity index (χ1n) is 13.2. The van der Waals surface area contributed by atoms with E-state index in [0.717, 1.165) is 29.3 Å². The highest BCUT2D eigenvalue weighted by Gasteiger charge is 2.25. The number of aromatic nitrogens is 3. The van der Waals surface area contributed by atoms with Crippen molar-refractivity contribution in [2.24, 2.45) is 0 Å². The number of carbonyl (C=O) groups is 2. The lowest BCUT2D eigenvalue weighted by molar-refractivity contribution is -0.111. The number of anilines is 2. The number of hydrogen-bond donors (Lipinski definition) is 3. The highest BCUT2D eigenvalue weighted by atomic mass is 35.5. The van der Waals surface area contributed by atoms with E-state index < -0.39 is 0 Å². The summed E-state index contributed by atoms with van der Waals surface area (Å²) in [5.74, 6) is 0.221. The number of carbonyl (C=O) groups excluding carboxylic acids is 2. The molecule has 40 heavy (non-hydrogen) atoms. The van der Waals surface area contributed by atoms with Gasteiger partial charge in [-0.2, -0.15) is 0 Å². The van der Waals surface area contributed by atoms with Gasteiger partial charge in [0.2, 0.25) is 11.9 Å². The van der Waals surface area contributed by atoms with E-state index in [4.69, 9.17) is 16.6 Å². The van der Waals surface area contributed by atoms with Crippen LogP contribution in [0.15, 0.2) is 73.1 Å². The van der Waals surface area contributed by atoms with Crippen LogP contribution in [-0.2, 0) is 4.79 Å². The van der Waals surface area contributed by atoms with Gasteiger partial charge in [0.05, 0.1) is 16.9 Å². The van der Waals surface area contributed by atoms with Crippen molar-refractivity contribution in [2.45, 2.75) is 18.9 Å². The molecule has 1 aliphatic heterocycles. The van der Waals surface area contributed by atoms with Crippen LogP contribution < -0.4 is 10.6 Å². The number of likely N-dealkylation sites (N-methyl/N-ethyl adjacent to an activating group) is 1. The second-order valence-electron chi connectivity index (χ2n) is 10.1. The molecule has 1 fully saturated rings. The Morgan fingerprint density at radius 1 is 1.18 bits per heavy atom. The topological polar surface area (TPSA) is 106 Å². The number of aromatic amines is 1. The number of H-pyrrole nitrogens is 1. The van der Waals surface area contributed by atoms with E-state index >= 15 is 0 Å². The summed E-state index contributed by atoms with van der Waals surface area (Å²) in [6.45, 7) is 1.89. The second-order valence-corrected chi connectivity index (χ2v) is 10.5. The minimum Gasteiger partial charge on any atom is -0.360 e. The fourth-order valence-electron chi connectivity index (χ4n) is 4.79. The van der Waals surface area contributed by atoms with Crippen molar-refractivity contribution in [3.63, 3.8) is 0 Å². The monoisotopic (exact) mass is 557 g/mol. The summed E-state index contributed by atoms with van der Waals surface area (Å²) in [7, 11) is 3.87. The van der Waals surface area contributed by atoms with E-state index in [9.17, 15) is 9.59 Å². The summed E-state index contributed by atoms with van der Waals surface area (Å²) >= 11 is 6.49. The molecular weight excluding hydrogens is 526 g/mol. The molecule has 2 aromatic heterocycles. The van der Waals surface area contributed by atoms with Crippen molar-refractivity contribution in [3.05, 3.63) is 83.7 Å². The van der Waals surface area contributed by atoms with Crippen molar-refractivity contribution in [2.75, 3.05) is 44.4 Å². The number of piperidine rings is 1. The average molecular weight is 558 g/mol. The minimum absolute atomic E-state index is 0.00205. The average Bonchev–Trinajstić information content (AvgIpc) is 3.38. The number of hydrogen-bond acceptors (Lipinski definition) is 6. The van der Waals surface area contributed by atoms with Crippen molar-refractivity contribution < 1.29 is 9.59 Å². The smallest absolute Gasteiger partial charge is 0.253 e. The maximum Gasteiger partial charge on any atom is 0.253 e. The molecule has 0 bridgehead atoms. The molecule has 1 atom stereocenters. The van der Waals surface area contributed by atoms with Crippen molar-refractivity contribution in [3.8, 4) is 11.3 Å². The molecule has 10 heteroatoms. The summed E-state index contributed by atoms with van der Waals surface area (Å²) in [6.07, 6.45) is 8.57. The molecule has 3 N–H and O–H groups in total. The molecular formula is C30H32ClN7O2. The summed E-state index contributed by atoms with van der Waals surface area (Å²) in [6, 6.07) is 15.0. The van der Waals surface area contributed by atoms with Gasteiger partial charge in [0, 0.05) is 65.7 Å². The van der Waals surface area contributed by atoms with E-state index in [1.165, 1.54) is 6.08 Å². The van der Waals surface area contributed by atoms with E-state index in [0.29, 0.717) is 47.6 Å². The van der Waals surface area contributed by atoms with Gasteiger partial charge in [-0.15, -0.1) is 0 Å². The van der Waals surface area contributed by atoms with E-state index in [1.807, 2.05) is 54.4 Å².